The molecule has 0 spiro atoms. The van der Waals surface area contributed by atoms with Crippen molar-refractivity contribution in [2.75, 3.05) is 0 Å². The van der Waals surface area contributed by atoms with Crippen LogP contribution >= 0.6 is 0 Å². The highest BCUT2D eigenvalue weighted by molar-refractivity contribution is 5.44. The SMILES string of the molecule is Cc1cccc(-n2nnn(C)c2=O)c1COc1ccncc1. The molecule has 0 N–H and O–H groups in total. The number of hydrogen-bond donors (Lipinski definition) is 0. The van der Waals surface area contributed by atoms with Crippen molar-refractivity contribution in [1.29, 1.82) is 0 Å². The van der Waals surface area contributed by atoms with Gasteiger partial charge in [0.15, 0.2) is 0 Å². The average molecular weight is 297 g/mol. The Kier molecular flexibility index (Phi) is 3.69. The molecule has 0 bridgehead atoms. The van der Waals surface area contributed by atoms with Crippen LogP contribution < -0.4 is 10.4 Å². The Morgan fingerprint density at radius 3 is 2.59 bits per heavy atom. The molecule has 22 heavy (non-hydrogen) atoms. The summed E-state index contributed by atoms with van der Waals surface area (Å²) >= 11 is 0. The molecule has 112 valence electrons. The Hall–Kier alpha value is -2.96. The summed E-state index contributed by atoms with van der Waals surface area (Å²) < 4.78 is 8.24. The van der Waals surface area contributed by atoms with Crippen LogP contribution in [0.5, 0.6) is 5.75 Å². The number of aromatic nitrogens is 5. The summed E-state index contributed by atoms with van der Waals surface area (Å²) in [7, 11) is 1.56. The molecule has 0 amide bonds. The molecule has 0 saturated heterocycles. The zero-order valence-electron chi connectivity index (χ0n) is 12.3. The highest BCUT2D eigenvalue weighted by atomic mass is 16.5. The number of tetrazole rings is 1. The second-order valence-electron chi connectivity index (χ2n) is 4.84. The average Bonchev–Trinajstić information content (AvgIpc) is 2.86. The van der Waals surface area contributed by atoms with E-state index in [1.54, 1.807) is 31.6 Å². The van der Waals surface area contributed by atoms with Crippen LogP contribution in [0, 0.1) is 6.92 Å². The minimum Gasteiger partial charge on any atom is -0.489 e. The van der Waals surface area contributed by atoms with Gasteiger partial charge in [0.2, 0.25) is 0 Å². The lowest BCUT2D eigenvalue weighted by atomic mass is 10.1. The number of pyridine rings is 1. The van der Waals surface area contributed by atoms with Crippen LogP contribution in [0.4, 0.5) is 0 Å². The van der Waals surface area contributed by atoms with E-state index < -0.39 is 0 Å². The van der Waals surface area contributed by atoms with Crippen molar-refractivity contribution >= 4 is 0 Å². The second-order valence-corrected chi connectivity index (χ2v) is 4.84. The van der Waals surface area contributed by atoms with Crippen LogP contribution in [0.25, 0.3) is 5.69 Å². The molecule has 0 atom stereocenters. The molecular weight excluding hydrogens is 282 g/mol. The maximum Gasteiger partial charge on any atom is 0.368 e. The molecule has 0 aliphatic rings. The number of hydrogen-bond acceptors (Lipinski definition) is 5. The molecule has 3 aromatic rings. The van der Waals surface area contributed by atoms with Gasteiger partial charge in [0, 0.05) is 25.0 Å². The van der Waals surface area contributed by atoms with Crippen molar-refractivity contribution in [3.8, 4) is 11.4 Å². The summed E-state index contributed by atoms with van der Waals surface area (Å²) in [5.74, 6) is 0.718. The van der Waals surface area contributed by atoms with Gasteiger partial charge < -0.3 is 4.74 Å². The Bertz CT molecular complexity index is 839. The van der Waals surface area contributed by atoms with Gasteiger partial charge in [-0.2, -0.15) is 9.36 Å². The van der Waals surface area contributed by atoms with Gasteiger partial charge in [0.25, 0.3) is 0 Å². The van der Waals surface area contributed by atoms with Crippen molar-refractivity contribution in [1.82, 2.24) is 24.8 Å². The largest absolute Gasteiger partial charge is 0.489 e. The first-order chi connectivity index (χ1) is 10.7. The van der Waals surface area contributed by atoms with E-state index >= 15 is 0 Å². The molecule has 3 rings (SSSR count). The van der Waals surface area contributed by atoms with Crippen molar-refractivity contribution in [2.45, 2.75) is 13.5 Å². The molecule has 1 aromatic carbocycles. The van der Waals surface area contributed by atoms with Gasteiger partial charge in [0.05, 0.1) is 5.69 Å². The van der Waals surface area contributed by atoms with Crippen LogP contribution in [0.1, 0.15) is 11.1 Å². The molecule has 2 aromatic heterocycles. The summed E-state index contributed by atoms with van der Waals surface area (Å²) in [6.45, 7) is 2.30. The fourth-order valence-corrected chi connectivity index (χ4v) is 2.13. The lowest BCUT2D eigenvalue weighted by Crippen LogP contribution is -2.23. The normalized spacial score (nSPS) is 10.6. The van der Waals surface area contributed by atoms with Gasteiger partial charge in [-0.05, 0) is 41.1 Å². The van der Waals surface area contributed by atoms with Gasteiger partial charge in [-0.1, -0.05) is 12.1 Å². The van der Waals surface area contributed by atoms with Crippen molar-refractivity contribution in [3.05, 3.63) is 64.3 Å². The Morgan fingerprint density at radius 1 is 1.14 bits per heavy atom. The van der Waals surface area contributed by atoms with E-state index in [2.05, 4.69) is 15.4 Å². The predicted octanol–water partition coefficient (Wildman–Crippen LogP) is 1.25. The molecule has 7 heteroatoms. The van der Waals surface area contributed by atoms with E-state index in [0.29, 0.717) is 12.3 Å². The third-order valence-corrected chi connectivity index (χ3v) is 3.37. The topological polar surface area (TPSA) is 74.8 Å². The van der Waals surface area contributed by atoms with Gasteiger partial charge in [-0.15, -0.1) is 0 Å². The molecule has 2 heterocycles. The lowest BCUT2D eigenvalue weighted by molar-refractivity contribution is 0.304. The molecule has 0 aliphatic carbocycles. The molecular formula is C15H15N5O2. The maximum absolute atomic E-state index is 12.1. The standard InChI is InChI=1S/C15H15N5O2/c1-11-4-3-5-14(20-15(21)19(2)17-18-20)13(11)10-22-12-6-8-16-9-7-12/h3-9H,10H2,1-2H3. The molecule has 0 radical (unpaired) electrons. The quantitative estimate of drug-likeness (QED) is 0.724. The Balaban J connectivity index is 1.97. The number of benzene rings is 1. The molecule has 0 unspecified atom stereocenters. The first-order valence-electron chi connectivity index (χ1n) is 6.77. The molecule has 0 fully saturated rings. The zero-order chi connectivity index (χ0) is 15.5. The van der Waals surface area contributed by atoms with Crippen LogP contribution in [-0.4, -0.2) is 24.8 Å². The fraction of sp³-hybridized carbons (Fsp3) is 0.200. The third-order valence-electron chi connectivity index (χ3n) is 3.37. The highest BCUT2D eigenvalue weighted by Crippen LogP contribution is 2.19. The minimum atomic E-state index is -0.296. The zero-order valence-corrected chi connectivity index (χ0v) is 12.3. The van der Waals surface area contributed by atoms with Crippen molar-refractivity contribution in [2.24, 2.45) is 7.05 Å². The Labute approximate surface area is 126 Å². The van der Waals surface area contributed by atoms with E-state index in [-0.39, 0.29) is 5.69 Å². The summed E-state index contributed by atoms with van der Waals surface area (Å²) in [5.41, 5.74) is 2.29. The van der Waals surface area contributed by atoms with Gasteiger partial charge in [0.1, 0.15) is 12.4 Å². The Morgan fingerprint density at radius 2 is 1.91 bits per heavy atom. The molecule has 7 nitrogen and oxygen atoms in total. The maximum atomic E-state index is 12.1. The summed E-state index contributed by atoms with van der Waals surface area (Å²) in [5, 5.41) is 7.64. The molecule has 0 aliphatic heterocycles. The van der Waals surface area contributed by atoms with Crippen LogP contribution in [0.3, 0.4) is 0 Å². The van der Waals surface area contributed by atoms with E-state index in [4.69, 9.17) is 4.74 Å². The van der Waals surface area contributed by atoms with Crippen LogP contribution in [0.2, 0.25) is 0 Å². The smallest absolute Gasteiger partial charge is 0.368 e. The monoisotopic (exact) mass is 297 g/mol. The first-order valence-corrected chi connectivity index (χ1v) is 6.77. The lowest BCUT2D eigenvalue weighted by Gasteiger charge is -2.12. The predicted molar refractivity (Wildman–Crippen MR) is 79.9 cm³/mol. The third kappa shape index (κ3) is 2.60. The summed E-state index contributed by atoms with van der Waals surface area (Å²) in [6.07, 6.45) is 3.34. The number of ether oxygens (including phenoxy) is 1. The summed E-state index contributed by atoms with van der Waals surface area (Å²) in [4.78, 5) is 16.0. The first kappa shape index (κ1) is 14.0. The molecule has 0 saturated carbocycles. The number of nitrogens with zero attached hydrogens (tertiary/aromatic N) is 5. The van der Waals surface area contributed by atoms with E-state index in [1.165, 1.54) is 9.36 Å². The fourth-order valence-electron chi connectivity index (χ4n) is 2.13. The van der Waals surface area contributed by atoms with E-state index in [0.717, 1.165) is 16.9 Å². The second kappa shape index (κ2) is 5.80. The minimum absolute atomic E-state index is 0.296. The van der Waals surface area contributed by atoms with E-state index in [9.17, 15) is 4.79 Å². The van der Waals surface area contributed by atoms with E-state index in [1.807, 2.05) is 25.1 Å². The number of aryl methyl sites for hydroxylation is 2. The van der Waals surface area contributed by atoms with Crippen molar-refractivity contribution in [3.63, 3.8) is 0 Å². The van der Waals surface area contributed by atoms with Crippen molar-refractivity contribution < 1.29 is 4.74 Å². The van der Waals surface area contributed by atoms with Crippen LogP contribution in [-0.2, 0) is 13.7 Å². The van der Waals surface area contributed by atoms with Gasteiger partial charge in [-0.3, -0.25) is 4.98 Å². The van der Waals surface area contributed by atoms with Gasteiger partial charge in [-0.25, -0.2) is 4.79 Å². The highest BCUT2D eigenvalue weighted by Gasteiger charge is 2.13. The number of rotatable bonds is 4. The van der Waals surface area contributed by atoms with Crippen LogP contribution in [0.15, 0.2) is 47.5 Å². The summed E-state index contributed by atoms with van der Waals surface area (Å²) in [6, 6.07) is 9.24. The van der Waals surface area contributed by atoms with Gasteiger partial charge >= 0.3 is 5.69 Å².